The molecule has 0 spiro atoms. The Labute approximate surface area is 93.5 Å². The quantitative estimate of drug-likeness (QED) is 0.861. The molecule has 1 N–H and O–H groups in total. The molecule has 0 atom stereocenters. The molecule has 0 heterocycles. The maximum Gasteiger partial charge on any atom is 0.336 e. The van der Waals surface area contributed by atoms with Crippen molar-refractivity contribution in [2.75, 3.05) is 0 Å². The molecular weight excluding hydrogens is 263 g/mol. The van der Waals surface area contributed by atoms with E-state index in [0.717, 1.165) is 6.07 Å². The lowest BCUT2D eigenvalue weighted by Gasteiger charge is -2.04. The van der Waals surface area contributed by atoms with Gasteiger partial charge in [0, 0.05) is 9.86 Å². The van der Waals surface area contributed by atoms with Gasteiger partial charge in [-0.05, 0) is 23.6 Å². The fraction of sp³-hybridized carbons (Fsp3) is 0. The zero-order chi connectivity index (χ0) is 11.0. The summed E-state index contributed by atoms with van der Waals surface area (Å²) in [5.74, 6) is -1.68. The van der Waals surface area contributed by atoms with E-state index in [0.29, 0.717) is 15.2 Å². The summed E-state index contributed by atoms with van der Waals surface area (Å²) in [5, 5.41) is 10.0. The van der Waals surface area contributed by atoms with Gasteiger partial charge < -0.3 is 5.11 Å². The molecular formula is C11H6BrFO2. The van der Waals surface area contributed by atoms with E-state index < -0.39 is 11.8 Å². The van der Waals surface area contributed by atoms with Crippen molar-refractivity contribution >= 4 is 32.7 Å². The van der Waals surface area contributed by atoms with Gasteiger partial charge in [0.15, 0.2) is 0 Å². The monoisotopic (exact) mass is 268 g/mol. The van der Waals surface area contributed by atoms with Crippen molar-refractivity contribution < 1.29 is 14.3 Å². The van der Waals surface area contributed by atoms with Crippen LogP contribution < -0.4 is 0 Å². The summed E-state index contributed by atoms with van der Waals surface area (Å²) in [6.45, 7) is 0. The van der Waals surface area contributed by atoms with Crippen LogP contribution in [0.2, 0.25) is 0 Å². The van der Waals surface area contributed by atoms with Gasteiger partial charge in [-0.25, -0.2) is 9.18 Å². The number of benzene rings is 2. The summed E-state index contributed by atoms with van der Waals surface area (Å²) in [5.41, 5.74) is -0.0301. The zero-order valence-corrected chi connectivity index (χ0v) is 9.08. The summed E-state index contributed by atoms with van der Waals surface area (Å²) < 4.78 is 13.8. The smallest absolute Gasteiger partial charge is 0.336 e. The maximum atomic E-state index is 13.1. The van der Waals surface area contributed by atoms with Crippen molar-refractivity contribution in [3.8, 4) is 0 Å². The highest BCUT2D eigenvalue weighted by atomic mass is 79.9. The van der Waals surface area contributed by atoms with Crippen molar-refractivity contribution in [1.82, 2.24) is 0 Å². The maximum absolute atomic E-state index is 13.1. The van der Waals surface area contributed by atoms with Crippen LogP contribution in [0.5, 0.6) is 0 Å². The molecule has 0 bridgehead atoms. The van der Waals surface area contributed by atoms with Crippen LogP contribution in [0.1, 0.15) is 10.4 Å². The van der Waals surface area contributed by atoms with E-state index in [1.54, 1.807) is 18.2 Å². The van der Waals surface area contributed by atoms with Crippen molar-refractivity contribution in [2.45, 2.75) is 0 Å². The first kappa shape index (κ1) is 10.1. The molecule has 0 aliphatic heterocycles. The molecule has 0 fully saturated rings. The number of hydrogen-bond acceptors (Lipinski definition) is 1. The standard InChI is InChI=1S/C11H6BrFO2/c12-9-3-1-2-6-4-7(13)5-8(10(6)9)11(14)15/h1-5H,(H,14,15). The van der Waals surface area contributed by atoms with Crippen LogP contribution in [0.25, 0.3) is 10.8 Å². The van der Waals surface area contributed by atoms with Crippen molar-refractivity contribution in [3.05, 3.63) is 46.2 Å². The molecule has 15 heavy (non-hydrogen) atoms. The number of carboxylic acids is 1. The Morgan fingerprint density at radius 2 is 2.07 bits per heavy atom. The molecule has 76 valence electrons. The Morgan fingerprint density at radius 3 is 2.73 bits per heavy atom. The molecule has 4 heteroatoms. The normalized spacial score (nSPS) is 10.5. The number of rotatable bonds is 1. The first-order valence-electron chi connectivity index (χ1n) is 4.20. The highest BCUT2D eigenvalue weighted by Crippen LogP contribution is 2.28. The molecule has 2 aromatic carbocycles. The van der Waals surface area contributed by atoms with Gasteiger partial charge in [0.1, 0.15) is 5.82 Å². The number of fused-ring (bicyclic) bond motifs is 1. The fourth-order valence-corrected chi connectivity index (χ4v) is 2.11. The number of carbonyl (C=O) groups is 1. The molecule has 0 radical (unpaired) electrons. The Bertz CT molecular complexity index is 552. The molecule has 2 rings (SSSR count). The predicted molar refractivity (Wildman–Crippen MR) is 58.6 cm³/mol. The summed E-state index contributed by atoms with van der Waals surface area (Å²) in [6.07, 6.45) is 0. The third kappa shape index (κ3) is 1.72. The molecule has 0 aliphatic rings. The van der Waals surface area contributed by atoms with Gasteiger partial charge in [0.2, 0.25) is 0 Å². The first-order chi connectivity index (χ1) is 7.09. The van der Waals surface area contributed by atoms with Gasteiger partial charge in [-0.2, -0.15) is 0 Å². The van der Waals surface area contributed by atoms with Gasteiger partial charge in [0.25, 0.3) is 0 Å². The van der Waals surface area contributed by atoms with Crippen molar-refractivity contribution in [2.24, 2.45) is 0 Å². The number of aromatic carboxylic acids is 1. The minimum atomic E-state index is -1.13. The van der Waals surface area contributed by atoms with E-state index in [1.807, 2.05) is 0 Å². The van der Waals surface area contributed by atoms with E-state index in [1.165, 1.54) is 6.07 Å². The Kier molecular flexibility index (Phi) is 2.44. The second-order valence-corrected chi connectivity index (χ2v) is 3.95. The zero-order valence-electron chi connectivity index (χ0n) is 7.50. The van der Waals surface area contributed by atoms with E-state index in [-0.39, 0.29) is 5.56 Å². The van der Waals surface area contributed by atoms with Crippen molar-refractivity contribution in [1.29, 1.82) is 0 Å². The van der Waals surface area contributed by atoms with E-state index >= 15 is 0 Å². The van der Waals surface area contributed by atoms with E-state index in [9.17, 15) is 9.18 Å². The molecule has 0 saturated heterocycles. The van der Waals surface area contributed by atoms with Gasteiger partial charge >= 0.3 is 5.97 Å². The van der Waals surface area contributed by atoms with Crippen LogP contribution in [0, 0.1) is 5.82 Å². The van der Waals surface area contributed by atoms with Crippen LogP contribution in [0.15, 0.2) is 34.8 Å². The lowest BCUT2D eigenvalue weighted by molar-refractivity contribution is 0.0698. The van der Waals surface area contributed by atoms with Crippen LogP contribution in [0.4, 0.5) is 4.39 Å². The lowest BCUT2D eigenvalue weighted by Crippen LogP contribution is -1.99. The Balaban J connectivity index is 2.94. The lowest BCUT2D eigenvalue weighted by atomic mass is 10.0. The largest absolute Gasteiger partial charge is 0.478 e. The van der Waals surface area contributed by atoms with Crippen LogP contribution in [-0.4, -0.2) is 11.1 Å². The Morgan fingerprint density at radius 1 is 1.33 bits per heavy atom. The second kappa shape index (κ2) is 3.62. The summed E-state index contributed by atoms with van der Waals surface area (Å²) in [6, 6.07) is 7.47. The van der Waals surface area contributed by atoms with E-state index in [4.69, 9.17) is 5.11 Å². The molecule has 0 aliphatic carbocycles. The van der Waals surface area contributed by atoms with Gasteiger partial charge in [-0.1, -0.05) is 28.1 Å². The molecule has 0 unspecified atom stereocenters. The molecule has 0 saturated carbocycles. The average molecular weight is 269 g/mol. The van der Waals surface area contributed by atoms with Gasteiger partial charge in [0.05, 0.1) is 5.56 Å². The molecule has 0 amide bonds. The number of hydrogen-bond donors (Lipinski definition) is 1. The molecule has 2 aromatic rings. The highest BCUT2D eigenvalue weighted by molar-refractivity contribution is 9.10. The van der Waals surface area contributed by atoms with Crippen LogP contribution in [-0.2, 0) is 0 Å². The first-order valence-corrected chi connectivity index (χ1v) is 5.00. The fourth-order valence-electron chi connectivity index (χ4n) is 1.51. The number of halogens is 2. The van der Waals surface area contributed by atoms with Crippen LogP contribution in [0.3, 0.4) is 0 Å². The van der Waals surface area contributed by atoms with E-state index in [2.05, 4.69) is 15.9 Å². The van der Waals surface area contributed by atoms with Gasteiger partial charge in [-0.3, -0.25) is 0 Å². The Hall–Kier alpha value is -1.42. The predicted octanol–water partition coefficient (Wildman–Crippen LogP) is 3.44. The minimum Gasteiger partial charge on any atom is -0.478 e. The third-order valence-corrected chi connectivity index (χ3v) is 2.78. The average Bonchev–Trinajstić information content (AvgIpc) is 2.16. The minimum absolute atomic E-state index is 0.0301. The van der Waals surface area contributed by atoms with Crippen LogP contribution >= 0.6 is 15.9 Å². The summed E-state index contributed by atoms with van der Waals surface area (Å²) in [7, 11) is 0. The SMILES string of the molecule is O=C(O)c1cc(F)cc2cccc(Br)c12. The molecule has 2 nitrogen and oxygen atoms in total. The van der Waals surface area contributed by atoms with Gasteiger partial charge in [-0.15, -0.1) is 0 Å². The summed E-state index contributed by atoms with van der Waals surface area (Å²) in [4.78, 5) is 10.9. The third-order valence-electron chi connectivity index (χ3n) is 2.12. The number of carboxylic acid groups (broad SMARTS) is 1. The summed E-state index contributed by atoms with van der Waals surface area (Å²) >= 11 is 3.25. The van der Waals surface area contributed by atoms with Crippen molar-refractivity contribution in [3.63, 3.8) is 0 Å². The highest BCUT2D eigenvalue weighted by Gasteiger charge is 2.12. The molecule has 0 aromatic heterocycles. The topological polar surface area (TPSA) is 37.3 Å². The second-order valence-electron chi connectivity index (χ2n) is 3.10.